The second kappa shape index (κ2) is 11.4. The van der Waals surface area contributed by atoms with Crippen LogP contribution < -0.4 is 0 Å². The van der Waals surface area contributed by atoms with E-state index in [1.54, 1.807) is 0 Å². The molecule has 0 rings (SSSR count). The van der Waals surface area contributed by atoms with Gasteiger partial charge in [0.2, 0.25) is 0 Å². The highest BCUT2D eigenvalue weighted by molar-refractivity contribution is 4.94. The van der Waals surface area contributed by atoms with E-state index in [4.69, 9.17) is 0 Å². The lowest BCUT2D eigenvalue weighted by molar-refractivity contribution is 0.113. The summed E-state index contributed by atoms with van der Waals surface area (Å²) in [5, 5.41) is 0. The largest absolute Gasteiger partial charge is 0.297 e. The van der Waals surface area contributed by atoms with E-state index in [2.05, 4.69) is 53.0 Å². The number of nitrogens with zero attached hydrogens (tertiary/aromatic N) is 1. The molecule has 0 aromatic rings. The van der Waals surface area contributed by atoms with Gasteiger partial charge in [0.25, 0.3) is 0 Å². The zero-order chi connectivity index (χ0) is 15.5. The summed E-state index contributed by atoms with van der Waals surface area (Å²) in [5.74, 6) is 0.751. The summed E-state index contributed by atoms with van der Waals surface area (Å²) in [5.41, 5.74) is 1.45. The lowest BCUT2D eigenvalue weighted by Gasteiger charge is -2.37. The van der Waals surface area contributed by atoms with E-state index < -0.39 is 0 Å². The molecule has 1 atom stereocenters. The first kappa shape index (κ1) is 19.7. The normalized spacial score (nSPS) is 13.4. The highest BCUT2D eigenvalue weighted by Crippen LogP contribution is 2.20. The Bertz CT molecular complexity index is 240. The molecule has 0 bridgehead atoms. The van der Waals surface area contributed by atoms with Crippen LogP contribution in [-0.2, 0) is 0 Å². The average molecular weight is 282 g/mol. The van der Waals surface area contributed by atoms with Gasteiger partial charge < -0.3 is 0 Å². The average Bonchev–Trinajstić information content (AvgIpc) is 2.42. The van der Waals surface area contributed by atoms with Crippen molar-refractivity contribution in [2.45, 2.75) is 98.6 Å². The summed E-state index contributed by atoms with van der Waals surface area (Å²) in [6, 6.07) is 1.43. The van der Waals surface area contributed by atoms with Crippen molar-refractivity contribution in [1.29, 1.82) is 0 Å². The van der Waals surface area contributed by atoms with Crippen LogP contribution in [0.4, 0.5) is 0 Å². The van der Waals surface area contributed by atoms with Gasteiger partial charge in [0.1, 0.15) is 0 Å². The molecular formula is C19H39N. The van der Waals surface area contributed by atoms with Crippen molar-refractivity contribution in [3.8, 4) is 0 Å². The van der Waals surface area contributed by atoms with Crippen molar-refractivity contribution in [1.82, 2.24) is 4.90 Å². The fourth-order valence-electron chi connectivity index (χ4n) is 3.00. The van der Waals surface area contributed by atoms with Crippen molar-refractivity contribution in [3.05, 3.63) is 12.2 Å². The Labute approximate surface area is 128 Å². The number of hydrogen-bond donors (Lipinski definition) is 0. The molecule has 0 aromatic carbocycles. The fourth-order valence-corrected chi connectivity index (χ4v) is 3.00. The minimum atomic E-state index is 0.681. The Balaban J connectivity index is 4.39. The van der Waals surface area contributed by atoms with Crippen molar-refractivity contribution in [3.63, 3.8) is 0 Å². The first-order chi connectivity index (χ1) is 9.46. The summed E-state index contributed by atoms with van der Waals surface area (Å²) >= 11 is 0. The second-order valence-corrected chi connectivity index (χ2v) is 6.80. The summed E-state index contributed by atoms with van der Waals surface area (Å²) in [7, 11) is 0. The van der Waals surface area contributed by atoms with Crippen molar-refractivity contribution in [2.75, 3.05) is 6.54 Å². The van der Waals surface area contributed by atoms with Gasteiger partial charge in [-0.1, -0.05) is 53.2 Å². The first-order valence-corrected chi connectivity index (χ1v) is 8.88. The van der Waals surface area contributed by atoms with Gasteiger partial charge in [0, 0.05) is 18.6 Å². The third-order valence-corrected chi connectivity index (χ3v) is 4.35. The van der Waals surface area contributed by atoms with Crippen LogP contribution in [0.2, 0.25) is 0 Å². The molecule has 1 heteroatoms. The molecule has 0 fully saturated rings. The zero-order valence-electron chi connectivity index (χ0n) is 15.0. The molecule has 0 aliphatic heterocycles. The molecule has 0 heterocycles. The Kier molecular flexibility index (Phi) is 11.2. The van der Waals surface area contributed by atoms with Gasteiger partial charge in [-0.25, -0.2) is 0 Å². The molecule has 0 amide bonds. The van der Waals surface area contributed by atoms with Gasteiger partial charge in [-0.15, -0.1) is 0 Å². The molecule has 0 saturated heterocycles. The van der Waals surface area contributed by atoms with Crippen molar-refractivity contribution in [2.24, 2.45) is 5.92 Å². The Morgan fingerprint density at radius 2 is 1.60 bits per heavy atom. The quantitative estimate of drug-likeness (QED) is 0.394. The number of rotatable bonds is 12. The van der Waals surface area contributed by atoms with E-state index in [-0.39, 0.29) is 0 Å². The molecule has 1 unspecified atom stereocenters. The maximum atomic E-state index is 4.25. The smallest absolute Gasteiger partial charge is 0.00929 e. The highest BCUT2D eigenvalue weighted by atomic mass is 15.2. The Morgan fingerprint density at radius 3 is 2.05 bits per heavy atom. The van der Waals surface area contributed by atoms with E-state index in [9.17, 15) is 0 Å². The number of hydrogen-bond acceptors (Lipinski definition) is 1. The number of allylic oxidation sites excluding steroid dienone is 1. The van der Waals surface area contributed by atoms with Gasteiger partial charge in [-0.2, -0.15) is 0 Å². The van der Waals surface area contributed by atoms with Crippen LogP contribution in [0.15, 0.2) is 12.2 Å². The summed E-state index contributed by atoms with van der Waals surface area (Å²) in [6.07, 6.45) is 8.81. The predicted molar refractivity (Wildman–Crippen MR) is 93.3 cm³/mol. The van der Waals surface area contributed by atoms with Gasteiger partial charge in [0.15, 0.2) is 0 Å². The summed E-state index contributed by atoms with van der Waals surface area (Å²) in [6.45, 7) is 19.5. The van der Waals surface area contributed by atoms with Gasteiger partial charge in [0.05, 0.1) is 0 Å². The monoisotopic (exact) mass is 281 g/mol. The summed E-state index contributed by atoms with van der Waals surface area (Å²) in [4.78, 5) is 2.75. The third kappa shape index (κ3) is 8.09. The molecule has 0 radical (unpaired) electrons. The molecule has 0 saturated carbocycles. The van der Waals surface area contributed by atoms with Crippen LogP contribution in [0.25, 0.3) is 0 Å². The van der Waals surface area contributed by atoms with E-state index in [0.29, 0.717) is 6.04 Å². The van der Waals surface area contributed by atoms with Crippen LogP contribution in [0.5, 0.6) is 0 Å². The van der Waals surface area contributed by atoms with Gasteiger partial charge >= 0.3 is 0 Å². The molecule has 1 nitrogen and oxygen atoms in total. The van der Waals surface area contributed by atoms with Gasteiger partial charge in [-0.3, -0.25) is 4.90 Å². The van der Waals surface area contributed by atoms with Crippen LogP contribution in [0, 0.1) is 5.92 Å². The van der Waals surface area contributed by atoms with Gasteiger partial charge in [-0.05, 0) is 51.4 Å². The SMILES string of the molecule is C=C(CCCC)CCC(C)N(CC(C)C)C(CC)CC. The van der Waals surface area contributed by atoms with Crippen molar-refractivity contribution < 1.29 is 0 Å². The third-order valence-electron chi connectivity index (χ3n) is 4.35. The minimum absolute atomic E-state index is 0.681. The lowest BCUT2D eigenvalue weighted by Crippen LogP contribution is -2.43. The summed E-state index contributed by atoms with van der Waals surface area (Å²) < 4.78 is 0. The molecule has 120 valence electrons. The molecular weight excluding hydrogens is 242 g/mol. The van der Waals surface area contributed by atoms with Crippen LogP contribution in [-0.4, -0.2) is 23.5 Å². The molecule has 0 spiro atoms. The van der Waals surface area contributed by atoms with E-state index in [1.807, 2.05) is 0 Å². The molecule has 0 aliphatic carbocycles. The van der Waals surface area contributed by atoms with Crippen molar-refractivity contribution >= 4 is 0 Å². The topological polar surface area (TPSA) is 3.24 Å². The minimum Gasteiger partial charge on any atom is -0.297 e. The van der Waals surface area contributed by atoms with E-state index >= 15 is 0 Å². The molecule has 0 aromatic heterocycles. The highest BCUT2D eigenvalue weighted by Gasteiger charge is 2.21. The molecule has 20 heavy (non-hydrogen) atoms. The van der Waals surface area contributed by atoms with Crippen LogP contribution >= 0.6 is 0 Å². The maximum Gasteiger partial charge on any atom is 0.00929 e. The Morgan fingerprint density at radius 1 is 1.00 bits per heavy atom. The van der Waals surface area contributed by atoms with Crippen LogP contribution in [0.3, 0.4) is 0 Å². The zero-order valence-corrected chi connectivity index (χ0v) is 15.0. The standard InChI is InChI=1S/C19H39N/c1-8-11-12-17(6)13-14-18(7)20(15-16(4)5)19(9-2)10-3/h16,18-19H,6,8-15H2,1-5,7H3. The molecule has 0 N–H and O–H groups in total. The second-order valence-electron chi connectivity index (χ2n) is 6.80. The molecule has 0 aliphatic rings. The van der Waals surface area contributed by atoms with Crippen LogP contribution in [0.1, 0.15) is 86.5 Å². The van der Waals surface area contributed by atoms with E-state index in [1.165, 1.54) is 57.1 Å². The fraction of sp³-hybridized carbons (Fsp3) is 0.895. The van der Waals surface area contributed by atoms with E-state index in [0.717, 1.165) is 12.0 Å². The number of unbranched alkanes of at least 4 members (excludes halogenated alkanes) is 1. The Hall–Kier alpha value is -0.300. The lowest BCUT2D eigenvalue weighted by atomic mass is 9.99. The predicted octanol–water partition coefficient (Wildman–Crippen LogP) is 6.05. The maximum absolute atomic E-state index is 4.25. The first-order valence-electron chi connectivity index (χ1n) is 8.88.